The Morgan fingerprint density at radius 2 is 1.90 bits per heavy atom. The molecule has 152 valence electrons. The van der Waals surface area contributed by atoms with Gasteiger partial charge in [0.2, 0.25) is 0 Å². The lowest BCUT2D eigenvalue weighted by Gasteiger charge is -2.13. The highest BCUT2D eigenvalue weighted by atomic mass is 32.2. The Balaban J connectivity index is 1.54. The van der Waals surface area contributed by atoms with Gasteiger partial charge in [0.25, 0.3) is 5.56 Å². The number of rotatable bonds is 8. The van der Waals surface area contributed by atoms with Crippen molar-refractivity contribution in [1.82, 2.24) is 9.55 Å². The maximum atomic E-state index is 13.0. The summed E-state index contributed by atoms with van der Waals surface area (Å²) in [5.41, 5.74) is 1.10. The van der Waals surface area contributed by atoms with Crippen molar-refractivity contribution in [3.8, 4) is 5.75 Å². The molecule has 30 heavy (non-hydrogen) atoms. The van der Waals surface area contributed by atoms with Crippen molar-refractivity contribution in [1.29, 1.82) is 0 Å². The Morgan fingerprint density at radius 3 is 2.70 bits per heavy atom. The molecular formula is C23H20N2O4S. The summed E-state index contributed by atoms with van der Waals surface area (Å²) in [4.78, 5) is 29.5. The molecule has 0 aliphatic carbocycles. The van der Waals surface area contributed by atoms with E-state index >= 15 is 0 Å². The first kappa shape index (κ1) is 20.0. The molecule has 2 aromatic carbocycles. The summed E-state index contributed by atoms with van der Waals surface area (Å²) in [5.74, 6) is 1.77. The molecule has 0 amide bonds. The van der Waals surface area contributed by atoms with Crippen molar-refractivity contribution in [3.05, 3.63) is 88.6 Å². The molecule has 4 aromatic rings. The molecule has 0 saturated heterocycles. The molecule has 2 aromatic heterocycles. The van der Waals surface area contributed by atoms with Crippen LogP contribution in [0.15, 0.2) is 81.3 Å². The second-order valence-corrected chi connectivity index (χ2v) is 7.69. The number of carbonyl (C=O) groups is 1. The minimum absolute atomic E-state index is 0.0401. The number of fused-ring (bicyclic) bond motifs is 1. The van der Waals surface area contributed by atoms with Gasteiger partial charge in [0.05, 0.1) is 35.9 Å². The van der Waals surface area contributed by atoms with Crippen molar-refractivity contribution >= 4 is 28.4 Å². The molecule has 0 aliphatic heterocycles. The summed E-state index contributed by atoms with van der Waals surface area (Å²) in [5, 5.41) is 1.17. The van der Waals surface area contributed by atoms with Crippen LogP contribution < -0.4 is 10.3 Å². The van der Waals surface area contributed by atoms with Crippen molar-refractivity contribution in [2.45, 2.75) is 18.6 Å². The lowest BCUT2D eigenvalue weighted by Crippen LogP contribution is -2.24. The Bertz CT molecular complexity index is 1230. The molecule has 0 saturated carbocycles. The number of Topliss-reactive ketones (excluding diaryl/α,β-unsaturated/α-hetero) is 1. The van der Waals surface area contributed by atoms with E-state index < -0.39 is 0 Å². The molecule has 0 fully saturated rings. The normalized spacial score (nSPS) is 11.0. The second-order valence-electron chi connectivity index (χ2n) is 6.63. The van der Waals surface area contributed by atoms with Gasteiger partial charge in [0.15, 0.2) is 10.9 Å². The minimum Gasteiger partial charge on any atom is -0.492 e. The highest BCUT2D eigenvalue weighted by Crippen LogP contribution is 2.21. The molecule has 0 unspecified atom stereocenters. The summed E-state index contributed by atoms with van der Waals surface area (Å²) in [6.07, 6.45) is 1.59. The number of hydrogen-bond acceptors (Lipinski definition) is 6. The quantitative estimate of drug-likeness (QED) is 0.182. The van der Waals surface area contributed by atoms with Crippen LogP contribution in [-0.2, 0) is 6.54 Å². The number of ether oxygens (including phenoxy) is 1. The molecule has 0 N–H and O–H groups in total. The Kier molecular flexibility index (Phi) is 5.99. The highest BCUT2D eigenvalue weighted by Gasteiger charge is 2.13. The second kappa shape index (κ2) is 9.00. The summed E-state index contributed by atoms with van der Waals surface area (Å²) in [6, 6.07) is 18.1. The lowest BCUT2D eigenvalue weighted by atomic mass is 10.1. The molecule has 0 spiro atoms. The van der Waals surface area contributed by atoms with E-state index in [1.807, 2.05) is 36.4 Å². The molecule has 2 heterocycles. The summed E-state index contributed by atoms with van der Waals surface area (Å²) < 4.78 is 12.9. The van der Waals surface area contributed by atoms with Gasteiger partial charge in [-0.3, -0.25) is 14.2 Å². The number of para-hydroxylation sites is 2. The fourth-order valence-electron chi connectivity index (χ4n) is 3.12. The average Bonchev–Trinajstić information content (AvgIpc) is 3.27. The van der Waals surface area contributed by atoms with Gasteiger partial charge in [-0.1, -0.05) is 36.0 Å². The minimum atomic E-state index is -0.109. The smallest absolute Gasteiger partial charge is 0.262 e. The first-order valence-electron chi connectivity index (χ1n) is 9.51. The van der Waals surface area contributed by atoms with Gasteiger partial charge < -0.3 is 9.15 Å². The number of aromatic nitrogens is 2. The Morgan fingerprint density at radius 1 is 1.10 bits per heavy atom. The van der Waals surface area contributed by atoms with Crippen molar-refractivity contribution < 1.29 is 13.9 Å². The monoisotopic (exact) mass is 420 g/mol. The molecule has 0 radical (unpaired) electrons. The van der Waals surface area contributed by atoms with Crippen molar-refractivity contribution in [2.24, 2.45) is 0 Å². The molecule has 7 heteroatoms. The first-order valence-corrected chi connectivity index (χ1v) is 10.5. The fraction of sp³-hybridized carbons (Fsp3) is 0.174. The van der Waals surface area contributed by atoms with Gasteiger partial charge in [-0.15, -0.1) is 0 Å². The van der Waals surface area contributed by atoms with Gasteiger partial charge in [-0.05, 0) is 43.3 Å². The molecular weight excluding hydrogens is 400 g/mol. The zero-order valence-corrected chi connectivity index (χ0v) is 17.2. The summed E-state index contributed by atoms with van der Waals surface area (Å²) in [6.45, 7) is 2.20. The van der Waals surface area contributed by atoms with Crippen LogP contribution in [0.4, 0.5) is 0 Å². The SMILES string of the molecule is CC(=O)c1ccccc1OCCSc1nc2ccccc2c(=O)n1Cc1ccco1. The highest BCUT2D eigenvalue weighted by molar-refractivity contribution is 7.99. The topological polar surface area (TPSA) is 74.3 Å². The van der Waals surface area contributed by atoms with Crippen LogP contribution in [0.5, 0.6) is 5.75 Å². The zero-order chi connectivity index (χ0) is 20.9. The number of furan rings is 1. The van der Waals surface area contributed by atoms with Crippen LogP contribution in [0, 0.1) is 0 Å². The van der Waals surface area contributed by atoms with Crippen LogP contribution >= 0.6 is 11.8 Å². The van der Waals surface area contributed by atoms with Gasteiger partial charge in [0, 0.05) is 5.75 Å². The molecule has 4 rings (SSSR count). The van der Waals surface area contributed by atoms with Crippen LogP contribution in [0.1, 0.15) is 23.0 Å². The number of benzene rings is 2. The average molecular weight is 420 g/mol. The fourth-order valence-corrected chi connectivity index (χ4v) is 3.94. The number of carbonyl (C=O) groups excluding carboxylic acids is 1. The van der Waals surface area contributed by atoms with Crippen LogP contribution in [-0.4, -0.2) is 27.7 Å². The standard InChI is InChI=1S/C23H20N2O4S/c1-16(26)18-8-3-5-11-21(18)29-13-14-30-23-24-20-10-4-2-9-19(20)22(27)25(23)15-17-7-6-12-28-17/h2-12H,13-15H2,1H3. The largest absolute Gasteiger partial charge is 0.492 e. The maximum Gasteiger partial charge on any atom is 0.262 e. The van der Waals surface area contributed by atoms with Gasteiger partial charge >= 0.3 is 0 Å². The molecule has 0 bridgehead atoms. The number of thioether (sulfide) groups is 1. The number of hydrogen-bond donors (Lipinski definition) is 0. The third kappa shape index (κ3) is 4.31. The van der Waals surface area contributed by atoms with E-state index in [4.69, 9.17) is 9.15 Å². The van der Waals surface area contributed by atoms with E-state index in [1.54, 1.807) is 35.1 Å². The molecule has 0 atom stereocenters. The number of ketones is 1. The predicted octanol–water partition coefficient (Wildman–Crippen LogP) is 4.41. The van der Waals surface area contributed by atoms with E-state index in [0.717, 1.165) is 0 Å². The zero-order valence-electron chi connectivity index (χ0n) is 16.4. The van der Waals surface area contributed by atoms with Gasteiger partial charge in [0.1, 0.15) is 11.5 Å². The Hall–Kier alpha value is -3.32. The Labute approximate surface area is 177 Å². The summed E-state index contributed by atoms with van der Waals surface area (Å²) >= 11 is 1.43. The lowest BCUT2D eigenvalue weighted by molar-refractivity contribution is 0.101. The van der Waals surface area contributed by atoms with E-state index in [1.165, 1.54) is 18.7 Å². The number of nitrogens with zero attached hydrogens (tertiary/aromatic N) is 2. The van der Waals surface area contributed by atoms with Crippen molar-refractivity contribution in [3.63, 3.8) is 0 Å². The van der Waals surface area contributed by atoms with E-state index in [-0.39, 0.29) is 11.3 Å². The van der Waals surface area contributed by atoms with Crippen molar-refractivity contribution in [2.75, 3.05) is 12.4 Å². The molecule has 6 nitrogen and oxygen atoms in total. The van der Waals surface area contributed by atoms with Crippen LogP contribution in [0.25, 0.3) is 10.9 Å². The third-order valence-electron chi connectivity index (χ3n) is 4.56. The maximum absolute atomic E-state index is 13.0. The van der Waals surface area contributed by atoms with E-state index in [0.29, 0.717) is 52.0 Å². The van der Waals surface area contributed by atoms with Gasteiger partial charge in [-0.2, -0.15) is 0 Å². The summed E-state index contributed by atoms with van der Waals surface area (Å²) in [7, 11) is 0. The van der Waals surface area contributed by atoms with Crippen LogP contribution in [0.3, 0.4) is 0 Å². The third-order valence-corrected chi connectivity index (χ3v) is 5.50. The van der Waals surface area contributed by atoms with Crippen LogP contribution in [0.2, 0.25) is 0 Å². The van der Waals surface area contributed by atoms with E-state index in [9.17, 15) is 9.59 Å². The predicted molar refractivity (Wildman–Crippen MR) is 116 cm³/mol. The molecule has 0 aliphatic rings. The van der Waals surface area contributed by atoms with Gasteiger partial charge in [-0.25, -0.2) is 4.98 Å². The first-order chi connectivity index (χ1) is 14.6. The van der Waals surface area contributed by atoms with E-state index in [2.05, 4.69) is 4.98 Å².